The first kappa shape index (κ1) is 15.3. The third kappa shape index (κ3) is 4.19. The standard InChI is InChI=1S/C19H20N2O2/c22-18-14-21(13-16-9-5-2-6-10-16)19(23)12-17(20-18)11-15-7-3-1-4-8-15/h1-10,17H,11-14H2,(H,20,22)/t17-/m0/s1. The van der Waals surface area contributed by atoms with E-state index in [2.05, 4.69) is 5.32 Å². The zero-order valence-electron chi connectivity index (χ0n) is 12.9. The van der Waals surface area contributed by atoms with Crippen LogP contribution < -0.4 is 5.32 Å². The van der Waals surface area contributed by atoms with E-state index in [1.54, 1.807) is 4.90 Å². The van der Waals surface area contributed by atoms with Crippen LogP contribution in [0.15, 0.2) is 60.7 Å². The Hall–Kier alpha value is -2.62. The van der Waals surface area contributed by atoms with E-state index < -0.39 is 0 Å². The maximum Gasteiger partial charge on any atom is 0.239 e. The second-order valence-corrected chi connectivity index (χ2v) is 5.89. The van der Waals surface area contributed by atoms with Crippen LogP contribution in [-0.4, -0.2) is 29.3 Å². The highest BCUT2D eigenvalue weighted by molar-refractivity contribution is 5.87. The molecule has 1 aliphatic heterocycles. The molecule has 1 atom stereocenters. The van der Waals surface area contributed by atoms with Crippen LogP contribution in [0.25, 0.3) is 0 Å². The smallest absolute Gasteiger partial charge is 0.239 e. The molecule has 118 valence electrons. The SMILES string of the molecule is O=C1CN(Cc2ccccc2)C(=O)C[C@H](Cc2ccccc2)N1. The maximum absolute atomic E-state index is 12.5. The zero-order valence-corrected chi connectivity index (χ0v) is 12.9. The van der Waals surface area contributed by atoms with E-state index in [1.807, 2.05) is 60.7 Å². The van der Waals surface area contributed by atoms with Crippen molar-refractivity contribution in [3.63, 3.8) is 0 Å². The van der Waals surface area contributed by atoms with Crippen LogP contribution >= 0.6 is 0 Å². The van der Waals surface area contributed by atoms with E-state index in [-0.39, 0.29) is 24.4 Å². The van der Waals surface area contributed by atoms with Crippen LogP contribution in [0.2, 0.25) is 0 Å². The molecule has 0 aliphatic carbocycles. The molecule has 1 saturated heterocycles. The van der Waals surface area contributed by atoms with Gasteiger partial charge in [0.2, 0.25) is 11.8 Å². The monoisotopic (exact) mass is 308 g/mol. The van der Waals surface area contributed by atoms with E-state index in [0.717, 1.165) is 11.1 Å². The van der Waals surface area contributed by atoms with Gasteiger partial charge in [-0.25, -0.2) is 0 Å². The Morgan fingerprint density at radius 2 is 1.52 bits per heavy atom. The first-order chi connectivity index (χ1) is 11.2. The molecule has 4 heteroatoms. The van der Waals surface area contributed by atoms with Gasteiger partial charge in [0, 0.05) is 19.0 Å². The van der Waals surface area contributed by atoms with E-state index >= 15 is 0 Å². The molecule has 1 aliphatic rings. The minimum absolute atomic E-state index is 0.0214. The third-order valence-corrected chi connectivity index (χ3v) is 4.01. The fraction of sp³-hybridized carbons (Fsp3) is 0.263. The Balaban J connectivity index is 1.68. The Labute approximate surface area is 136 Å². The van der Waals surface area contributed by atoms with Crippen molar-refractivity contribution in [2.45, 2.75) is 25.4 Å². The summed E-state index contributed by atoms with van der Waals surface area (Å²) in [5, 5.41) is 2.97. The highest BCUT2D eigenvalue weighted by atomic mass is 16.2. The molecular weight excluding hydrogens is 288 g/mol. The van der Waals surface area contributed by atoms with Crippen molar-refractivity contribution in [1.29, 1.82) is 0 Å². The summed E-state index contributed by atoms with van der Waals surface area (Å²) >= 11 is 0. The number of carbonyl (C=O) groups excluding carboxylic acids is 2. The molecule has 1 N–H and O–H groups in total. The van der Waals surface area contributed by atoms with Gasteiger partial charge in [0.1, 0.15) is 0 Å². The summed E-state index contributed by atoms with van der Waals surface area (Å²) in [6.45, 7) is 0.601. The van der Waals surface area contributed by atoms with Gasteiger partial charge in [-0.15, -0.1) is 0 Å². The minimum Gasteiger partial charge on any atom is -0.351 e. The Morgan fingerprint density at radius 3 is 2.17 bits per heavy atom. The molecular formula is C19H20N2O2. The van der Waals surface area contributed by atoms with Crippen LogP contribution in [0.1, 0.15) is 17.5 Å². The molecule has 1 fully saturated rings. The molecule has 23 heavy (non-hydrogen) atoms. The molecule has 0 radical (unpaired) electrons. The first-order valence-electron chi connectivity index (χ1n) is 7.86. The summed E-state index contributed by atoms with van der Waals surface area (Å²) in [6, 6.07) is 19.6. The summed E-state index contributed by atoms with van der Waals surface area (Å²) in [4.78, 5) is 26.3. The van der Waals surface area contributed by atoms with Crippen molar-refractivity contribution in [3.05, 3.63) is 71.8 Å². The molecule has 2 amide bonds. The Kier molecular flexibility index (Phi) is 4.71. The maximum atomic E-state index is 12.5. The summed E-state index contributed by atoms with van der Waals surface area (Å²) in [7, 11) is 0. The lowest BCUT2D eigenvalue weighted by atomic mass is 10.0. The third-order valence-electron chi connectivity index (χ3n) is 4.01. The normalized spacial score (nSPS) is 18.4. The van der Waals surface area contributed by atoms with Crippen LogP contribution in [-0.2, 0) is 22.6 Å². The van der Waals surface area contributed by atoms with Crippen molar-refractivity contribution < 1.29 is 9.59 Å². The highest BCUT2D eigenvalue weighted by Gasteiger charge is 2.27. The van der Waals surface area contributed by atoms with Gasteiger partial charge < -0.3 is 10.2 Å². The molecule has 0 unspecified atom stereocenters. The molecule has 0 spiro atoms. The van der Waals surface area contributed by atoms with Crippen molar-refractivity contribution in [3.8, 4) is 0 Å². The number of nitrogens with zero attached hydrogens (tertiary/aromatic N) is 1. The lowest BCUT2D eigenvalue weighted by molar-refractivity contribution is -0.134. The summed E-state index contributed by atoms with van der Waals surface area (Å²) in [6.07, 6.45) is 1.02. The molecule has 0 aromatic heterocycles. The Bertz CT molecular complexity index is 670. The Morgan fingerprint density at radius 1 is 0.913 bits per heavy atom. The largest absolute Gasteiger partial charge is 0.351 e. The van der Waals surface area contributed by atoms with Gasteiger partial charge in [-0.05, 0) is 17.5 Å². The van der Waals surface area contributed by atoms with Crippen LogP contribution in [0.5, 0.6) is 0 Å². The molecule has 2 aromatic rings. The fourth-order valence-electron chi connectivity index (χ4n) is 2.90. The average molecular weight is 308 g/mol. The predicted molar refractivity (Wildman–Crippen MR) is 88.6 cm³/mol. The topological polar surface area (TPSA) is 49.4 Å². The van der Waals surface area contributed by atoms with E-state index in [4.69, 9.17) is 0 Å². The number of hydrogen-bond donors (Lipinski definition) is 1. The summed E-state index contributed by atoms with van der Waals surface area (Å²) in [5.74, 6) is -0.0687. The molecule has 0 saturated carbocycles. The fourth-order valence-corrected chi connectivity index (χ4v) is 2.90. The second kappa shape index (κ2) is 7.09. The summed E-state index contributed by atoms with van der Waals surface area (Å²) < 4.78 is 0. The van der Waals surface area contributed by atoms with Crippen molar-refractivity contribution >= 4 is 11.8 Å². The van der Waals surface area contributed by atoms with E-state index in [1.165, 1.54) is 0 Å². The highest BCUT2D eigenvalue weighted by Crippen LogP contribution is 2.13. The van der Waals surface area contributed by atoms with Gasteiger partial charge >= 0.3 is 0 Å². The van der Waals surface area contributed by atoms with Gasteiger partial charge in [0.15, 0.2) is 0 Å². The second-order valence-electron chi connectivity index (χ2n) is 5.89. The average Bonchev–Trinajstić information content (AvgIpc) is 2.68. The van der Waals surface area contributed by atoms with Gasteiger partial charge in [0.25, 0.3) is 0 Å². The van der Waals surface area contributed by atoms with Crippen molar-refractivity contribution in [2.75, 3.05) is 6.54 Å². The van der Waals surface area contributed by atoms with Gasteiger partial charge in [0.05, 0.1) is 6.54 Å². The van der Waals surface area contributed by atoms with Crippen LogP contribution in [0.4, 0.5) is 0 Å². The summed E-state index contributed by atoms with van der Waals surface area (Å²) in [5.41, 5.74) is 2.16. The van der Waals surface area contributed by atoms with Gasteiger partial charge in [-0.1, -0.05) is 60.7 Å². The van der Waals surface area contributed by atoms with E-state index in [0.29, 0.717) is 19.4 Å². The molecule has 3 rings (SSSR count). The van der Waals surface area contributed by atoms with Crippen LogP contribution in [0, 0.1) is 0 Å². The minimum atomic E-state index is -0.141. The number of nitrogens with one attached hydrogen (secondary N) is 1. The lowest BCUT2D eigenvalue weighted by Crippen LogP contribution is -2.37. The molecule has 0 bridgehead atoms. The molecule has 4 nitrogen and oxygen atoms in total. The lowest BCUT2D eigenvalue weighted by Gasteiger charge is -2.19. The number of benzene rings is 2. The molecule has 1 heterocycles. The van der Waals surface area contributed by atoms with Gasteiger partial charge in [-0.2, -0.15) is 0 Å². The van der Waals surface area contributed by atoms with E-state index in [9.17, 15) is 9.59 Å². The number of rotatable bonds is 4. The quantitative estimate of drug-likeness (QED) is 0.941. The van der Waals surface area contributed by atoms with Gasteiger partial charge in [-0.3, -0.25) is 9.59 Å². The number of hydrogen-bond acceptors (Lipinski definition) is 2. The predicted octanol–water partition coefficient (Wildman–Crippen LogP) is 2.15. The first-order valence-corrected chi connectivity index (χ1v) is 7.86. The number of carbonyl (C=O) groups is 2. The number of amides is 2. The molecule has 2 aromatic carbocycles. The van der Waals surface area contributed by atoms with Crippen LogP contribution in [0.3, 0.4) is 0 Å². The zero-order chi connectivity index (χ0) is 16.1. The van der Waals surface area contributed by atoms with Crippen molar-refractivity contribution in [2.24, 2.45) is 0 Å². The van der Waals surface area contributed by atoms with Crippen molar-refractivity contribution in [1.82, 2.24) is 10.2 Å².